The van der Waals surface area contributed by atoms with Gasteiger partial charge in [-0.25, -0.2) is 4.79 Å². The van der Waals surface area contributed by atoms with Crippen LogP contribution < -0.4 is 11.1 Å². The Morgan fingerprint density at radius 3 is 2.94 bits per heavy atom. The molecule has 18 heavy (non-hydrogen) atoms. The number of nitrogen functional groups attached to an aromatic ring is 1. The van der Waals surface area contributed by atoms with Crippen molar-refractivity contribution in [3.63, 3.8) is 0 Å². The van der Waals surface area contributed by atoms with Crippen LogP contribution in [0.1, 0.15) is 23.2 Å². The van der Waals surface area contributed by atoms with Crippen molar-refractivity contribution in [2.45, 2.75) is 18.9 Å². The molecule has 0 aromatic heterocycles. The molecule has 0 amide bonds. The van der Waals surface area contributed by atoms with Crippen LogP contribution in [0.5, 0.6) is 0 Å². The first-order valence-corrected chi connectivity index (χ1v) is 6.14. The monoisotopic (exact) mass is 249 g/mol. The molecule has 5 heteroatoms. The van der Waals surface area contributed by atoms with Crippen molar-refractivity contribution in [1.82, 2.24) is 4.90 Å². The summed E-state index contributed by atoms with van der Waals surface area (Å²) in [6.45, 7) is 2.14. The van der Waals surface area contributed by atoms with E-state index in [2.05, 4.69) is 17.3 Å². The predicted molar refractivity (Wildman–Crippen MR) is 72.0 cm³/mol. The molecule has 0 saturated carbocycles. The van der Waals surface area contributed by atoms with Gasteiger partial charge in [-0.3, -0.25) is 0 Å². The lowest BCUT2D eigenvalue weighted by Crippen LogP contribution is -2.39. The van der Waals surface area contributed by atoms with Crippen LogP contribution in [0.2, 0.25) is 0 Å². The van der Waals surface area contributed by atoms with E-state index in [-0.39, 0.29) is 5.56 Å². The Morgan fingerprint density at radius 2 is 2.33 bits per heavy atom. The van der Waals surface area contributed by atoms with E-state index in [1.165, 1.54) is 6.42 Å². The van der Waals surface area contributed by atoms with Gasteiger partial charge in [0.2, 0.25) is 0 Å². The number of likely N-dealkylation sites (tertiary alicyclic amines) is 1. The Labute approximate surface area is 107 Å². The van der Waals surface area contributed by atoms with Gasteiger partial charge in [-0.2, -0.15) is 0 Å². The fraction of sp³-hybridized carbons (Fsp3) is 0.462. The van der Waals surface area contributed by atoms with Crippen LogP contribution in [0, 0.1) is 0 Å². The first-order valence-electron chi connectivity index (χ1n) is 6.14. The van der Waals surface area contributed by atoms with E-state index in [1.807, 2.05) is 0 Å². The van der Waals surface area contributed by atoms with Gasteiger partial charge in [-0.1, -0.05) is 0 Å². The smallest absolute Gasteiger partial charge is 0.337 e. The van der Waals surface area contributed by atoms with Gasteiger partial charge in [-0.15, -0.1) is 0 Å². The molecule has 1 aromatic rings. The van der Waals surface area contributed by atoms with Gasteiger partial charge in [0.05, 0.1) is 5.56 Å². The summed E-state index contributed by atoms with van der Waals surface area (Å²) in [4.78, 5) is 13.1. The summed E-state index contributed by atoms with van der Waals surface area (Å²) >= 11 is 0. The van der Waals surface area contributed by atoms with E-state index in [0.717, 1.165) is 25.2 Å². The number of hydrogen-bond acceptors (Lipinski definition) is 4. The zero-order valence-corrected chi connectivity index (χ0v) is 10.5. The predicted octanol–water partition coefficient (Wildman–Crippen LogP) is 1.47. The number of rotatable bonds is 3. The molecule has 1 aromatic carbocycles. The SMILES string of the molecule is CN1CCCC(Nc2ccc(C(=O)O)c(N)c2)C1. The number of nitrogens with two attached hydrogens (primary N) is 1. The Balaban J connectivity index is 2.05. The highest BCUT2D eigenvalue weighted by Crippen LogP contribution is 2.20. The summed E-state index contributed by atoms with van der Waals surface area (Å²) in [5, 5.41) is 12.3. The summed E-state index contributed by atoms with van der Waals surface area (Å²) in [6.07, 6.45) is 2.31. The minimum atomic E-state index is -0.989. The standard InChI is InChI=1S/C13H19N3O2/c1-16-6-2-3-10(8-16)15-9-4-5-11(13(17)18)12(14)7-9/h4-5,7,10,15H,2-3,6,8,14H2,1H3,(H,17,18). The van der Waals surface area contributed by atoms with Gasteiger partial charge >= 0.3 is 5.97 Å². The van der Waals surface area contributed by atoms with E-state index >= 15 is 0 Å². The third-order valence-corrected chi connectivity index (χ3v) is 3.28. The van der Waals surface area contributed by atoms with Gasteiger partial charge in [0.15, 0.2) is 0 Å². The van der Waals surface area contributed by atoms with Crippen LogP contribution in [-0.2, 0) is 0 Å². The molecule has 1 atom stereocenters. The van der Waals surface area contributed by atoms with Crippen molar-refractivity contribution in [2.75, 3.05) is 31.2 Å². The van der Waals surface area contributed by atoms with Crippen LogP contribution >= 0.6 is 0 Å². The molecule has 98 valence electrons. The van der Waals surface area contributed by atoms with Crippen LogP contribution in [0.15, 0.2) is 18.2 Å². The zero-order chi connectivity index (χ0) is 13.1. The number of nitrogens with one attached hydrogen (secondary N) is 1. The maximum atomic E-state index is 10.9. The van der Waals surface area contributed by atoms with Crippen molar-refractivity contribution in [1.29, 1.82) is 0 Å². The van der Waals surface area contributed by atoms with E-state index in [9.17, 15) is 4.79 Å². The van der Waals surface area contributed by atoms with Crippen molar-refractivity contribution in [2.24, 2.45) is 0 Å². The first kappa shape index (κ1) is 12.7. The molecule has 0 aliphatic carbocycles. The first-order chi connectivity index (χ1) is 8.56. The molecule has 1 heterocycles. The second kappa shape index (κ2) is 5.27. The van der Waals surface area contributed by atoms with Crippen molar-refractivity contribution in [3.8, 4) is 0 Å². The van der Waals surface area contributed by atoms with Crippen LogP contribution in [0.3, 0.4) is 0 Å². The van der Waals surface area contributed by atoms with Crippen LogP contribution in [-0.4, -0.2) is 42.2 Å². The molecule has 1 fully saturated rings. The molecule has 4 N–H and O–H groups in total. The highest BCUT2D eigenvalue weighted by Gasteiger charge is 2.17. The summed E-state index contributed by atoms with van der Waals surface area (Å²) in [6, 6.07) is 5.41. The molecule has 0 bridgehead atoms. The van der Waals surface area contributed by atoms with Gasteiger partial charge in [0.25, 0.3) is 0 Å². The third-order valence-electron chi connectivity index (χ3n) is 3.28. The molecule has 0 spiro atoms. The quantitative estimate of drug-likeness (QED) is 0.707. The molecule has 0 radical (unpaired) electrons. The number of anilines is 2. The summed E-state index contributed by atoms with van der Waals surface area (Å²) in [5.41, 5.74) is 7.07. The van der Waals surface area contributed by atoms with Gasteiger partial charge < -0.3 is 21.1 Å². The normalized spacial score (nSPS) is 20.6. The highest BCUT2D eigenvalue weighted by atomic mass is 16.4. The number of benzene rings is 1. The fourth-order valence-corrected chi connectivity index (χ4v) is 2.37. The Kier molecular flexibility index (Phi) is 3.72. The van der Waals surface area contributed by atoms with E-state index in [0.29, 0.717) is 11.7 Å². The minimum Gasteiger partial charge on any atom is -0.478 e. The lowest BCUT2D eigenvalue weighted by Gasteiger charge is -2.31. The van der Waals surface area contributed by atoms with E-state index in [4.69, 9.17) is 10.8 Å². The topological polar surface area (TPSA) is 78.6 Å². The van der Waals surface area contributed by atoms with Crippen molar-refractivity contribution >= 4 is 17.3 Å². The molecule has 1 aliphatic rings. The summed E-state index contributed by atoms with van der Waals surface area (Å²) < 4.78 is 0. The Bertz CT molecular complexity index is 448. The molecular formula is C13H19N3O2. The lowest BCUT2D eigenvalue weighted by atomic mass is 10.1. The minimum absolute atomic E-state index is 0.154. The van der Waals surface area contributed by atoms with E-state index < -0.39 is 5.97 Å². The second-order valence-electron chi connectivity index (χ2n) is 4.85. The molecule has 1 unspecified atom stereocenters. The average molecular weight is 249 g/mol. The number of carbonyl (C=O) groups is 1. The number of aromatic carboxylic acids is 1. The number of piperidine rings is 1. The van der Waals surface area contributed by atoms with Gasteiger partial charge in [0.1, 0.15) is 0 Å². The second-order valence-corrected chi connectivity index (χ2v) is 4.85. The van der Waals surface area contributed by atoms with E-state index in [1.54, 1.807) is 18.2 Å². The van der Waals surface area contributed by atoms with Crippen LogP contribution in [0.4, 0.5) is 11.4 Å². The maximum Gasteiger partial charge on any atom is 0.337 e. The lowest BCUT2D eigenvalue weighted by molar-refractivity contribution is 0.0698. The van der Waals surface area contributed by atoms with Crippen molar-refractivity contribution in [3.05, 3.63) is 23.8 Å². The third kappa shape index (κ3) is 2.92. The molecule has 1 aliphatic heterocycles. The van der Waals surface area contributed by atoms with Gasteiger partial charge in [-0.05, 0) is 44.6 Å². The zero-order valence-electron chi connectivity index (χ0n) is 10.5. The molecular weight excluding hydrogens is 230 g/mol. The largest absolute Gasteiger partial charge is 0.478 e. The van der Waals surface area contributed by atoms with Crippen LogP contribution in [0.25, 0.3) is 0 Å². The average Bonchev–Trinajstić information content (AvgIpc) is 2.28. The van der Waals surface area contributed by atoms with Gasteiger partial charge in [0, 0.05) is 24.0 Å². The summed E-state index contributed by atoms with van der Waals surface area (Å²) in [7, 11) is 2.11. The number of likely N-dealkylation sites (N-methyl/N-ethyl adjacent to an activating group) is 1. The molecule has 2 rings (SSSR count). The Morgan fingerprint density at radius 1 is 1.56 bits per heavy atom. The summed E-state index contributed by atoms with van der Waals surface area (Å²) in [5.74, 6) is -0.989. The molecule has 1 saturated heterocycles. The highest BCUT2D eigenvalue weighted by molar-refractivity contribution is 5.94. The Hall–Kier alpha value is -1.75. The van der Waals surface area contributed by atoms with Crippen molar-refractivity contribution < 1.29 is 9.90 Å². The number of hydrogen-bond donors (Lipinski definition) is 3. The fourth-order valence-electron chi connectivity index (χ4n) is 2.37. The number of carboxylic acids is 1. The number of carboxylic acid groups (broad SMARTS) is 1. The number of nitrogens with zero attached hydrogens (tertiary/aromatic N) is 1. The maximum absolute atomic E-state index is 10.9. The molecule has 5 nitrogen and oxygen atoms in total.